The van der Waals surface area contributed by atoms with E-state index < -0.39 is 11.6 Å². The van der Waals surface area contributed by atoms with Crippen molar-refractivity contribution in [2.45, 2.75) is 19.3 Å². The molecule has 124 valence electrons. The highest BCUT2D eigenvalue weighted by Crippen LogP contribution is 2.37. The summed E-state index contributed by atoms with van der Waals surface area (Å²) in [7, 11) is 0. The predicted octanol–water partition coefficient (Wildman–Crippen LogP) is 1.47. The van der Waals surface area contributed by atoms with E-state index in [0.29, 0.717) is 26.1 Å². The summed E-state index contributed by atoms with van der Waals surface area (Å²) < 4.78 is 31.6. The molecular formula is C16H18F2N2O3. The fraction of sp³-hybridized carbons (Fsp3) is 0.500. The first-order valence-corrected chi connectivity index (χ1v) is 7.60. The van der Waals surface area contributed by atoms with Gasteiger partial charge in [-0.2, -0.15) is 0 Å². The third-order valence-electron chi connectivity index (χ3n) is 4.62. The summed E-state index contributed by atoms with van der Waals surface area (Å²) in [6, 6.07) is 2.87. The Labute approximate surface area is 132 Å². The lowest BCUT2D eigenvalue weighted by Crippen LogP contribution is -2.45. The maximum Gasteiger partial charge on any atom is 0.260 e. The highest BCUT2D eigenvalue weighted by Gasteiger charge is 2.41. The molecule has 0 atom stereocenters. The Hall–Kier alpha value is -2.18. The van der Waals surface area contributed by atoms with Gasteiger partial charge in [-0.25, -0.2) is 8.78 Å². The largest absolute Gasteiger partial charge is 0.481 e. The molecule has 1 aromatic rings. The van der Waals surface area contributed by atoms with Crippen molar-refractivity contribution in [2.75, 3.05) is 26.2 Å². The number of nitrogens with one attached hydrogen (secondary N) is 1. The average Bonchev–Trinajstić information content (AvgIpc) is 2.89. The van der Waals surface area contributed by atoms with Crippen LogP contribution in [0.2, 0.25) is 0 Å². The summed E-state index contributed by atoms with van der Waals surface area (Å²) in [5, 5.41) is 2.84. The second-order valence-electron chi connectivity index (χ2n) is 6.20. The van der Waals surface area contributed by atoms with E-state index in [0.717, 1.165) is 31.0 Å². The molecule has 2 amide bonds. The number of carbonyl (C=O) groups excluding carboxylic acids is 2. The van der Waals surface area contributed by atoms with Gasteiger partial charge in [-0.3, -0.25) is 9.59 Å². The van der Waals surface area contributed by atoms with Crippen LogP contribution in [0.15, 0.2) is 18.2 Å². The van der Waals surface area contributed by atoms with Gasteiger partial charge in [0, 0.05) is 32.1 Å². The second kappa shape index (κ2) is 6.14. The van der Waals surface area contributed by atoms with Crippen LogP contribution in [-0.2, 0) is 9.59 Å². The molecule has 2 aliphatic rings. The average molecular weight is 324 g/mol. The summed E-state index contributed by atoms with van der Waals surface area (Å²) in [5.74, 6) is -1.78. The summed E-state index contributed by atoms with van der Waals surface area (Å²) in [5.41, 5.74) is -0.0383. The lowest BCUT2D eigenvalue weighted by molar-refractivity contribution is -0.135. The summed E-state index contributed by atoms with van der Waals surface area (Å²) >= 11 is 0. The van der Waals surface area contributed by atoms with E-state index in [4.69, 9.17) is 4.74 Å². The van der Waals surface area contributed by atoms with Crippen molar-refractivity contribution in [1.82, 2.24) is 10.2 Å². The SMILES string of the molecule is O=C1CC2(CCN(C(=O)COc3cc(F)ccc3F)CC2)CN1. The van der Waals surface area contributed by atoms with Crippen LogP contribution in [0.3, 0.4) is 0 Å². The van der Waals surface area contributed by atoms with Crippen molar-refractivity contribution in [1.29, 1.82) is 0 Å². The van der Waals surface area contributed by atoms with Crippen LogP contribution < -0.4 is 10.1 Å². The molecule has 0 unspecified atom stereocenters. The predicted molar refractivity (Wildman–Crippen MR) is 77.7 cm³/mol. The molecule has 0 bridgehead atoms. The zero-order chi connectivity index (χ0) is 16.4. The van der Waals surface area contributed by atoms with Gasteiger partial charge in [0.25, 0.3) is 5.91 Å². The van der Waals surface area contributed by atoms with E-state index in [1.807, 2.05) is 0 Å². The Morgan fingerprint density at radius 2 is 2.04 bits per heavy atom. The molecule has 2 fully saturated rings. The molecule has 1 aromatic carbocycles. The van der Waals surface area contributed by atoms with Crippen LogP contribution in [-0.4, -0.2) is 43.0 Å². The zero-order valence-corrected chi connectivity index (χ0v) is 12.6. The smallest absolute Gasteiger partial charge is 0.260 e. The van der Waals surface area contributed by atoms with Gasteiger partial charge >= 0.3 is 0 Å². The molecule has 0 aromatic heterocycles. The van der Waals surface area contributed by atoms with E-state index >= 15 is 0 Å². The minimum Gasteiger partial charge on any atom is -0.481 e. The molecule has 2 saturated heterocycles. The van der Waals surface area contributed by atoms with Gasteiger partial charge in [-0.1, -0.05) is 0 Å². The maximum atomic E-state index is 13.4. The van der Waals surface area contributed by atoms with Crippen LogP contribution >= 0.6 is 0 Å². The number of amides is 2. The van der Waals surface area contributed by atoms with Crippen LogP contribution in [0.25, 0.3) is 0 Å². The Kier molecular flexibility index (Phi) is 4.19. The first-order chi connectivity index (χ1) is 11.0. The van der Waals surface area contributed by atoms with Crippen LogP contribution in [0.1, 0.15) is 19.3 Å². The highest BCUT2D eigenvalue weighted by molar-refractivity contribution is 5.80. The maximum absolute atomic E-state index is 13.4. The first-order valence-electron chi connectivity index (χ1n) is 7.60. The van der Waals surface area contributed by atoms with Crippen molar-refractivity contribution >= 4 is 11.8 Å². The van der Waals surface area contributed by atoms with Gasteiger partial charge in [0.15, 0.2) is 18.2 Å². The fourth-order valence-electron chi connectivity index (χ4n) is 3.15. The minimum absolute atomic E-state index is 0.0383. The van der Waals surface area contributed by atoms with E-state index in [1.54, 1.807) is 4.90 Å². The van der Waals surface area contributed by atoms with Gasteiger partial charge in [0.2, 0.25) is 5.91 Å². The zero-order valence-electron chi connectivity index (χ0n) is 12.6. The van der Waals surface area contributed by atoms with Gasteiger partial charge < -0.3 is 15.0 Å². The molecular weight excluding hydrogens is 306 g/mol. The number of hydrogen-bond acceptors (Lipinski definition) is 3. The van der Waals surface area contributed by atoms with Crippen LogP contribution in [0, 0.1) is 17.0 Å². The highest BCUT2D eigenvalue weighted by atomic mass is 19.1. The first kappa shape index (κ1) is 15.7. The molecule has 0 aliphatic carbocycles. The van der Waals surface area contributed by atoms with Crippen LogP contribution in [0.4, 0.5) is 8.78 Å². The Morgan fingerprint density at radius 1 is 1.30 bits per heavy atom. The number of benzene rings is 1. The molecule has 7 heteroatoms. The summed E-state index contributed by atoms with van der Waals surface area (Å²) in [6.07, 6.45) is 2.03. The second-order valence-corrected chi connectivity index (χ2v) is 6.20. The van der Waals surface area contributed by atoms with E-state index in [2.05, 4.69) is 5.32 Å². The molecule has 23 heavy (non-hydrogen) atoms. The Balaban J connectivity index is 1.52. The number of carbonyl (C=O) groups is 2. The third kappa shape index (κ3) is 3.43. The van der Waals surface area contributed by atoms with Crippen molar-refractivity contribution < 1.29 is 23.1 Å². The molecule has 0 saturated carbocycles. The van der Waals surface area contributed by atoms with E-state index in [1.165, 1.54) is 0 Å². The number of likely N-dealkylation sites (tertiary alicyclic amines) is 1. The van der Waals surface area contributed by atoms with Gasteiger partial charge in [0.1, 0.15) is 5.82 Å². The van der Waals surface area contributed by atoms with Gasteiger partial charge in [-0.15, -0.1) is 0 Å². The monoisotopic (exact) mass is 324 g/mol. The number of ether oxygens (including phenoxy) is 1. The number of nitrogens with zero attached hydrogens (tertiary/aromatic N) is 1. The van der Waals surface area contributed by atoms with Crippen molar-refractivity contribution in [3.63, 3.8) is 0 Å². The quantitative estimate of drug-likeness (QED) is 0.916. The van der Waals surface area contributed by atoms with E-state index in [-0.39, 0.29) is 29.6 Å². The topological polar surface area (TPSA) is 58.6 Å². The van der Waals surface area contributed by atoms with Gasteiger partial charge in [-0.05, 0) is 30.4 Å². The Morgan fingerprint density at radius 3 is 2.70 bits per heavy atom. The minimum atomic E-state index is -0.702. The number of halogens is 2. The molecule has 5 nitrogen and oxygen atoms in total. The van der Waals surface area contributed by atoms with Crippen LogP contribution in [0.5, 0.6) is 5.75 Å². The third-order valence-corrected chi connectivity index (χ3v) is 4.62. The standard InChI is InChI=1S/C16H18F2N2O3/c17-11-1-2-12(18)13(7-11)23-9-15(22)20-5-3-16(4-6-20)8-14(21)19-10-16/h1-2,7H,3-6,8-10H2,(H,19,21). The lowest BCUT2D eigenvalue weighted by Gasteiger charge is -2.38. The molecule has 3 rings (SSSR count). The number of rotatable bonds is 3. The lowest BCUT2D eigenvalue weighted by atomic mass is 9.77. The summed E-state index contributed by atoms with van der Waals surface area (Å²) in [4.78, 5) is 25.2. The van der Waals surface area contributed by atoms with Gasteiger partial charge in [0.05, 0.1) is 0 Å². The van der Waals surface area contributed by atoms with Crippen molar-refractivity contribution in [3.8, 4) is 5.75 Å². The molecule has 1 N–H and O–H groups in total. The fourth-order valence-corrected chi connectivity index (χ4v) is 3.15. The molecule has 2 heterocycles. The molecule has 1 spiro atoms. The number of piperidine rings is 1. The van der Waals surface area contributed by atoms with E-state index in [9.17, 15) is 18.4 Å². The van der Waals surface area contributed by atoms with Crippen molar-refractivity contribution in [3.05, 3.63) is 29.8 Å². The summed E-state index contributed by atoms with van der Waals surface area (Å²) in [6.45, 7) is 1.43. The Bertz CT molecular complexity index is 628. The molecule has 2 aliphatic heterocycles. The molecule has 0 radical (unpaired) electrons. The number of hydrogen-bond donors (Lipinski definition) is 1. The van der Waals surface area contributed by atoms with Crippen molar-refractivity contribution in [2.24, 2.45) is 5.41 Å². The normalized spacial score (nSPS) is 19.7.